The predicted octanol–water partition coefficient (Wildman–Crippen LogP) is 3.13. The number of carbonyl (C=O) groups excluding carboxylic acids is 1. The highest BCUT2D eigenvalue weighted by atomic mass is 32.2. The summed E-state index contributed by atoms with van der Waals surface area (Å²) in [6.45, 7) is 2.31. The lowest BCUT2D eigenvalue weighted by Crippen LogP contribution is -2.31. The molecule has 13 heteroatoms. The van der Waals surface area contributed by atoms with Crippen LogP contribution in [0.1, 0.15) is 19.8 Å². The number of rotatable bonds is 8. The number of aromatic amines is 1. The summed E-state index contributed by atoms with van der Waals surface area (Å²) < 4.78 is 27.5. The van der Waals surface area contributed by atoms with Crippen molar-refractivity contribution in [2.75, 3.05) is 21.9 Å². The first-order valence-electron chi connectivity index (χ1n) is 9.17. The zero-order chi connectivity index (χ0) is 22.4. The lowest BCUT2D eigenvalue weighted by Gasteiger charge is -2.21. The monoisotopic (exact) mass is 480 g/mol. The fourth-order valence-corrected chi connectivity index (χ4v) is 5.53. The summed E-state index contributed by atoms with van der Waals surface area (Å²) in [4.78, 5) is 34.1. The van der Waals surface area contributed by atoms with Crippen molar-refractivity contribution in [3.8, 4) is 0 Å². The van der Waals surface area contributed by atoms with Gasteiger partial charge in [0.15, 0.2) is 10.3 Å². The van der Waals surface area contributed by atoms with Gasteiger partial charge in [0.05, 0.1) is 4.90 Å². The molecule has 0 aliphatic rings. The SMILES string of the molecule is CCCCN(c1nccs1)S(=O)(=O)c1ccc(NC(=O)Sc2nc(N)cc(=O)[nH]2)cc1. The zero-order valence-corrected chi connectivity index (χ0v) is 18.9. The number of nitrogens with two attached hydrogens (primary N) is 1. The zero-order valence-electron chi connectivity index (χ0n) is 16.4. The summed E-state index contributed by atoms with van der Waals surface area (Å²) >= 11 is 1.91. The summed E-state index contributed by atoms with van der Waals surface area (Å²) in [5.41, 5.74) is 5.41. The molecule has 0 atom stereocenters. The molecule has 0 saturated heterocycles. The van der Waals surface area contributed by atoms with Gasteiger partial charge in [-0.25, -0.2) is 22.7 Å². The second kappa shape index (κ2) is 9.94. The van der Waals surface area contributed by atoms with Crippen LogP contribution in [0.4, 0.5) is 21.4 Å². The number of nitrogen functional groups attached to an aromatic ring is 1. The Morgan fingerprint density at radius 1 is 1.32 bits per heavy atom. The van der Waals surface area contributed by atoms with E-state index in [9.17, 15) is 18.0 Å². The van der Waals surface area contributed by atoms with Crippen LogP contribution in [0.2, 0.25) is 0 Å². The Morgan fingerprint density at radius 3 is 2.68 bits per heavy atom. The van der Waals surface area contributed by atoms with Crippen molar-refractivity contribution in [2.45, 2.75) is 29.8 Å². The quantitative estimate of drug-likeness (QED) is 0.328. The molecule has 2 heterocycles. The van der Waals surface area contributed by atoms with Crippen LogP contribution in [-0.2, 0) is 10.0 Å². The number of hydrogen-bond acceptors (Lipinski definition) is 9. The molecule has 3 aromatic rings. The van der Waals surface area contributed by atoms with Gasteiger partial charge < -0.3 is 16.0 Å². The molecule has 4 N–H and O–H groups in total. The fraction of sp³-hybridized carbons (Fsp3) is 0.222. The molecule has 0 saturated carbocycles. The molecule has 0 unspecified atom stereocenters. The van der Waals surface area contributed by atoms with Crippen molar-refractivity contribution in [1.82, 2.24) is 15.0 Å². The highest BCUT2D eigenvalue weighted by Gasteiger charge is 2.26. The minimum Gasteiger partial charge on any atom is -0.383 e. The molecule has 2 aromatic heterocycles. The molecule has 0 aliphatic heterocycles. The van der Waals surface area contributed by atoms with Gasteiger partial charge in [0, 0.05) is 41.6 Å². The van der Waals surface area contributed by atoms with E-state index in [1.807, 2.05) is 6.92 Å². The summed E-state index contributed by atoms with van der Waals surface area (Å²) in [6.07, 6.45) is 3.10. The Labute approximate surface area is 187 Å². The van der Waals surface area contributed by atoms with Crippen LogP contribution in [-0.4, -0.2) is 35.2 Å². The van der Waals surface area contributed by atoms with Crippen LogP contribution >= 0.6 is 23.1 Å². The van der Waals surface area contributed by atoms with E-state index >= 15 is 0 Å². The summed E-state index contributed by atoms with van der Waals surface area (Å²) in [5.74, 6) is 0.00136. The van der Waals surface area contributed by atoms with Gasteiger partial charge in [-0.05, 0) is 30.7 Å². The van der Waals surface area contributed by atoms with Gasteiger partial charge in [-0.15, -0.1) is 11.3 Å². The van der Waals surface area contributed by atoms with Crippen LogP contribution < -0.4 is 20.9 Å². The van der Waals surface area contributed by atoms with Gasteiger partial charge >= 0.3 is 0 Å². The van der Waals surface area contributed by atoms with Crippen molar-refractivity contribution in [2.24, 2.45) is 0 Å². The Balaban J connectivity index is 1.73. The van der Waals surface area contributed by atoms with Gasteiger partial charge in [0.25, 0.3) is 20.8 Å². The number of anilines is 3. The van der Waals surface area contributed by atoms with Gasteiger partial charge in [0.1, 0.15) is 5.82 Å². The number of hydrogen-bond donors (Lipinski definition) is 3. The standard InChI is InChI=1S/C18H20N6O4S3/c1-2-3-9-24(17-20-8-10-29-17)31(27,28)13-6-4-12(5-7-13)21-18(26)30-16-22-14(19)11-15(25)23-16/h4-8,10-11H,2-3,9H2,1H3,(H,21,26)(H3,19,22,23,25). The lowest BCUT2D eigenvalue weighted by atomic mass is 10.3. The third kappa shape index (κ3) is 5.83. The first kappa shape index (κ1) is 22.8. The highest BCUT2D eigenvalue weighted by Crippen LogP contribution is 2.27. The minimum absolute atomic E-state index is 0.00136. The summed E-state index contributed by atoms with van der Waals surface area (Å²) in [7, 11) is -3.80. The number of carbonyl (C=O) groups is 1. The smallest absolute Gasteiger partial charge is 0.291 e. The molecule has 1 aromatic carbocycles. The second-order valence-electron chi connectivity index (χ2n) is 6.26. The number of aromatic nitrogens is 3. The van der Waals surface area contributed by atoms with Crippen molar-refractivity contribution in [1.29, 1.82) is 0 Å². The molecule has 0 bridgehead atoms. The Kier molecular flexibility index (Phi) is 7.30. The molecule has 3 rings (SSSR count). The lowest BCUT2D eigenvalue weighted by molar-refractivity contribution is 0.269. The van der Waals surface area contributed by atoms with Gasteiger partial charge in [-0.3, -0.25) is 9.59 Å². The van der Waals surface area contributed by atoms with E-state index in [4.69, 9.17) is 5.73 Å². The van der Waals surface area contributed by atoms with Gasteiger partial charge in [-0.1, -0.05) is 13.3 Å². The van der Waals surface area contributed by atoms with Crippen molar-refractivity contribution in [3.63, 3.8) is 0 Å². The van der Waals surface area contributed by atoms with Crippen LogP contribution in [0.25, 0.3) is 0 Å². The second-order valence-corrected chi connectivity index (χ2v) is 9.96. The van der Waals surface area contributed by atoms with Crippen molar-refractivity contribution >= 4 is 55.0 Å². The van der Waals surface area contributed by atoms with E-state index in [-0.39, 0.29) is 15.9 Å². The van der Waals surface area contributed by atoms with Crippen LogP contribution in [0.3, 0.4) is 0 Å². The van der Waals surface area contributed by atoms with Crippen LogP contribution in [0, 0.1) is 0 Å². The number of nitrogens with one attached hydrogen (secondary N) is 2. The first-order chi connectivity index (χ1) is 14.8. The van der Waals surface area contributed by atoms with E-state index < -0.39 is 20.8 Å². The molecule has 10 nitrogen and oxygen atoms in total. The van der Waals surface area contributed by atoms with E-state index in [0.717, 1.165) is 12.5 Å². The topological polar surface area (TPSA) is 151 Å². The molecular formula is C18H20N6O4S3. The number of thiazole rings is 1. The number of benzene rings is 1. The van der Waals surface area contributed by atoms with Gasteiger partial charge in [0.2, 0.25) is 0 Å². The minimum atomic E-state index is -3.80. The number of H-pyrrole nitrogens is 1. The maximum absolute atomic E-state index is 13.1. The number of thioether (sulfide) groups is 1. The molecule has 1 amide bonds. The number of unbranched alkanes of at least 4 members (excludes halogenated alkanes) is 1. The third-order valence-corrected chi connectivity index (χ3v) is 7.35. The normalized spacial score (nSPS) is 11.3. The summed E-state index contributed by atoms with van der Waals surface area (Å²) in [5, 5.41) is 4.27. The van der Waals surface area contributed by atoms with E-state index in [0.29, 0.717) is 35.5 Å². The molecule has 31 heavy (non-hydrogen) atoms. The maximum Gasteiger partial charge on any atom is 0.291 e. The highest BCUT2D eigenvalue weighted by molar-refractivity contribution is 8.13. The Bertz CT molecular complexity index is 1190. The van der Waals surface area contributed by atoms with E-state index in [1.165, 1.54) is 39.9 Å². The third-order valence-electron chi connectivity index (χ3n) is 3.97. The largest absolute Gasteiger partial charge is 0.383 e. The van der Waals surface area contributed by atoms with Crippen LogP contribution in [0.15, 0.2) is 56.8 Å². The van der Waals surface area contributed by atoms with Crippen molar-refractivity contribution in [3.05, 3.63) is 52.3 Å². The Morgan fingerprint density at radius 2 is 2.06 bits per heavy atom. The molecular weight excluding hydrogens is 460 g/mol. The maximum atomic E-state index is 13.1. The average Bonchev–Trinajstić information content (AvgIpc) is 3.22. The van der Waals surface area contributed by atoms with E-state index in [2.05, 4.69) is 20.3 Å². The number of nitrogens with zero attached hydrogens (tertiary/aromatic N) is 3. The molecule has 0 fully saturated rings. The molecule has 0 spiro atoms. The number of sulfonamides is 1. The van der Waals surface area contributed by atoms with Crippen molar-refractivity contribution < 1.29 is 13.2 Å². The van der Waals surface area contributed by atoms with E-state index in [1.54, 1.807) is 11.6 Å². The molecule has 0 radical (unpaired) electrons. The Hall–Kier alpha value is -2.90. The first-order valence-corrected chi connectivity index (χ1v) is 12.3. The summed E-state index contributed by atoms with van der Waals surface area (Å²) in [6, 6.07) is 6.92. The van der Waals surface area contributed by atoms with Crippen LogP contribution in [0.5, 0.6) is 0 Å². The van der Waals surface area contributed by atoms with Gasteiger partial charge in [-0.2, -0.15) is 0 Å². The average molecular weight is 481 g/mol. The fourth-order valence-electron chi connectivity index (χ4n) is 2.53. The number of amides is 1. The molecule has 164 valence electrons. The molecule has 0 aliphatic carbocycles. The predicted molar refractivity (Wildman–Crippen MR) is 122 cm³/mol.